The first-order chi connectivity index (χ1) is 14.8. The van der Waals surface area contributed by atoms with Crippen molar-refractivity contribution in [2.24, 2.45) is 0 Å². The SMILES string of the molecule is CSNc1ccn(C(=O)N2CCN(Cc3cc(N4CCC4)cc(C(F)(F)F)c3)CC2)n1. The molecule has 3 heterocycles. The average molecular weight is 455 g/mol. The molecule has 0 bridgehead atoms. The number of hydrogen-bond donors (Lipinski definition) is 1. The molecule has 2 aromatic rings. The number of piperazine rings is 1. The van der Waals surface area contributed by atoms with Gasteiger partial charge in [-0.2, -0.15) is 17.9 Å². The highest BCUT2D eigenvalue weighted by Crippen LogP contribution is 2.34. The molecule has 0 aliphatic carbocycles. The largest absolute Gasteiger partial charge is 0.416 e. The van der Waals surface area contributed by atoms with Crippen LogP contribution in [0.25, 0.3) is 0 Å². The third-order valence-electron chi connectivity index (χ3n) is 5.57. The summed E-state index contributed by atoms with van der Waals surface area (Å²) in [6.07, 6.45) is 0.130. The van der Waals surface area contributed by atoms with E-state index in [0.29, 0.717) is 49.8 Å². The summed E-state index contributed by atoms with van der Waals surface area (Å²) in [5.41, 5.74) is 0.684. The fourth-order valence-electron chi connectivity index (χ4n) is 3.78. The van der Waals surface area contributed by atoms with E-state index in [9.17, 15) is 18.0 Å². The minimum Gasteiger partial charge on any atom is -0.371 e. The maximum atomic E-state index is 13.4. The zero-order valence-corrected chi connectivity index (χ0v) is 18.0. The fraction of sp³-hybridized carbons (Fsp3) is 0.500. The zero-order valence-electron chi connectivity index (χ0n) is 17.2. The van der Waals surface area contributed by atoms with Crippen LogP contribution in [0.4, 0.5) is 29.5 Å². The van der Waals surface area contributed by atoms with E-state index in [1.165, 1.54) is 28.8 Å². The Morgan fingerprint density at radius 3 is 2.48 bits per heavy atom. The van der Waals surface area contributed by atoms with Gasteiger partial charge in [-0.25, -0.2) is 4.79 Å². The van der Waals surface area contributed by atoms with Crippen LogP contribution >= 0.6 is 11.9 Å². The quantitative estimate of drug-likeness (QED) is 0.697. The van der Waals surface area contributed by atoms with E-state index in [4.69, 9.17) is 0 Å². The topological polar surface area (TPSA) is 56.6 Å². The van der Waals surface area contributed by atoms with E-state index >= 15 is 0 Å². The minimum absolute atomic E-state index is 0.201. The van der Waals surface area contributed by atoms with Crippen molar-refractivity contribution in [1.82, 2.24) is 19.6 Å². The van der Waals surface area contributed by atoms with Gasteiger partial charge in [0.05, 0.1) is 5.56 Å². The smallest absolute Gasteiger partial charge is 0.371 e. The monoisotopic (exact) mass is 454 g/mol. The second kappa shape index (κ2) is 8.99. The first-order valence-electron chi connectivity index (χ1n) is 10.2. The molecular formula is C20H25F3N6OS. The van der Waals surface area contributed by atoms with Crippen molar-refractivity contribution in [3.8, 4) is 0 Å². The molecule has 2 saturated heterocycles. The lowest BCUT2D eigenvalue weighted by atomic mass is 10.0. The van der Waals surface area contributed by atoms with Gasteiger partial charge in [0.2, 0.25) is 0 Å². The lowest BCUT2D eigenvalue weighted by molar-refractivity contribution is -0.137. The molecule has 4 rings (SSSR count). The summed E-state index contributed by atoms with van der Waals surface area (Å²) in [6, 6.07) is 5.87. The highest BCUT2D eigenvalue weighted by molar-refractivity contribution is 7.99. The van der Waals surface area contributed by atoms with Crippen LogP contribution in [0.15, 0.2) is 30.5 Å². The Bertz CT molecular complexity index is 922. The van der Waals surface area contributed by atoms with Crippen LogP contribution in [0, 0.1) is 0 Å². The number of amides is 1. The summed E-state index contributed by atoms with van der Waals surface area (Å²) in [4.78, 5) is 18.4. The molecule has 0 atom stereocenters. The van der Waals surface area contributed by atoms with Crippen molar-refractivity contribution in [2.75, 3.05) is 55.1 Å². The molecule has 11 heteroatoms. The molecule has 0 spiro atoms. The highest BCUT2D eigenvalue weighted by atomic mass is 32.2. The van der Waals surface area contributed by atoms with Crippen molar-refractivity contribution in [1.29, 1.82) is 0 Å². The van der Waals surface area contributed by atoms with Crippen molar-refractivity contribution < 1.29 is 18.0 Å². The Hall–Kier alpha value is -2.40. The van der Waals surface area contributed by atoms with Gasteiger partial charge in [-0.3, -0.25) is 4.90 Å². The molecule has 168 valence electrons. The fourth-order valence-corrected chi connectivity index (χ4v) is 4.09. The van der Waals surface area contributed by atoms with Gasteiger partial charge in [-0.05, 0) is 30.2 Å². The maximum Gasteiger partial charge on any atom is 0.416 e. The molecule has 1 amide bonds. The Morgan fingerprint density at radius 1 is 1.13 bits per heavy atom. The predicted octanol–water partition coefficient (Wildman–Crippen LogP) is 3.59. The second-order valence-electron chi connectivity index (χ2n) is 7.72. The highest BCUT2D eigenvalue weighted by Gasteiger charge is 2.32. The lowest BCUT2D eigenvalue weighted by Crippen LogP contribution is -2.49. The number of carbonyl (C=O) groups is 1. The summed E-state index contributed by atoms with van der Waals surface area (Å²) in [5, 5.41) is 4.20. The van der Waals surface area contributed by atoms with E-state index in [0.717, 1.165) is 19.5 Å². The molecular weight excluding hydrogens is 429 g/mol. The van der Waals surface area contributed by atoms with Gasteiger partial charge in [-0.15, -0.1) is 5.10 Å². The van der Waals surface area contributed by atoms with Crippen molar-refractivity contribution in [3.05, 3.63) is 41.6 Å². The van der Waals surface area contributed by atoms with Crippen molar-refractivity contribution >= 4 is 29.5 Å². The Labute approximate surface area is 183 Å². The van der Waals surface area contributed by atoms with Crippen LogP contribution in [-0.2, 0) is 12.7 Å². The van der Waals surface area contributed by atoms with Gasteiger partial charge in [0.15, 0.2) is 5.82 Å². The van der Waals surface area contributed by atoms with E-state index in [-0.39, 0.29) is 6.03 Å². The van der Waals surface area contributed by atoms with Crippen LogP contribution in [0.2, 0.25) is 0 Å². The molecule has 7 nitrogen and oxygen atoms in total. The molecule has 1 aromatic heterocycles. The Kier molecular flexibility index (Phi) is 6.33. The number of nitrogens with zero attached hydrogens (tertiary/aromatic N) is 5. The van der Waals surface area contributed by atoms with Crippen molar-refractivity contribution in [3.63, 3.8) is 0 Å². The number of benzene rings is 1. The molecule has 0 saturated carbocycles. The van der Waals surface area contributed by atoms with Crippen LogP contribution < -0.4 is 9.62 Å². The van der Waals surface area contributed by atoms with Crippen LogP contribution in [0.5, 0.6) is 0 Å². The molecule has 1 N–H and O–H groups in total. The van der Waals surface area contributed by atoms with Gasteiger partial charge in [0.25, 0.3) is 0 Å². The number of anilines is 2. The minimum atomic E-state index is -4.37. The van der Waals surface area contributed by atoms with Crippen LogP contribution in [0.3, 0.4) is 0 Å². The summed E-state index contributed by atoms with van der Waals surface area (Å²) < 4.78 is 44.4. The summed E-state index contributed by atoms with van der Waals surface area (Å²) >= 11 is 1.40. The number of halogens is 3. The standard InChI is InChI=1S/C20H25F3N6OS/c1-31-25-18-3-6-29(24-18)19(30)28-9-7-26(8-10-28)14-15-11-16(20(21,22)23)13-17(12-15)27-4-2-5-27/h3,6,11-13H,2,4-5,7-10,14H2,1H3,(H,24,25). The van der Waals surface area contributed by atoms with Gasteiger partial charge < -0.3 is 14.5 Å². The molecule has 0 radical (unpaired) electrons. The van der Waals surface area contributed by atoms with Crippen molar-refractivity contribution in [2.45, 2.75) is 19.1 Å². The van der Waals surface area contributed by atoms with E-state index in [1.54, 1.807) is 17.2 Å². The Morgan fingerprint density at radius 2 is 1.87 bits per heavy atom. The van der Waals surface area contributed by atoms with Gasteiger partial charge in [0, 0.05) is 70.0 Å². The lowest BCUT2D eigenvalue weighted by Gasteiger charge is -2.36. The van der Waals surface area contributed by atoms with E-state index in [1.807, 2.05) is 17.2 Å². The maximum absolute atomic E-state index is 13.4. The predicted molar refractivity (Wildman–Crippen MR) is 115 cm³/mol. The van der Waals surface area contributed by atoms with Gasteiger partial charge in [-0.1, -0.05) is 11.9 Å². The molecule has 1 aromatic carbocycles. The van der Waals surface area contributed by atoms with Crippen LogP contribution in [0.1, 0.15) is 17.5 Å². The summed E-state index contributed by atoms with van der Waals surface area (Å²) in [6.45, 7) is 4.21. The summed E-state index contributed by atoms with van der Waals surface area (Å²) in [5.74, 6) is 0.613. The number of carbonyl (C=O) groups excluding carboxylic acids is 1. The van der Waals surface area contributed by atoms with Gasteiger partial charge in [0.1, 0.15) is 0 Å². The summed E-state index contributed by atoms with van der Waals surface area (Å²) in [7, 11) is 0. The average Bonchev–Trinajstić information content (AvgIpc) is 3.15. The second-order valence-corrected chi connectivity index (χ2v) is 8.34. The number of alkyl halides is 3. The first kappa shape index (κ1) is 21.8. The molecule has 2 aliphatic heterocycles. The number of rotatable bonds is 5. The number of nitrogens with one attached hydrogen (secondary N) is 1. The van der Waals surface area contributed by atoms with E-state index in [2.05, 4.69) is 14.7 Å². The molecule has 0 unspecified atom stereocenters. The van der Waals surface area contributed by atoms with E-state index < -0.39 is 11.7 Å². The number of hydrogen-bond acceptors (Lipinski definition) is 6. The van der Waals surface area contributed by atoms with Crippen LogP contribution in [-0.4, -0.2) is 71.1 Å². The van der Waals surface area contributed by atoms with Gasteiger partial charge >= 0.3 is 12.2 Å². The third-order valence-corrected chi connectivity index (χ3v) is 5.98. The molecule has 31 heavy (non-hydrogen) atoms. The third kappa shape index (κ3) is 5.09. The first-order valence-corrected chi connectivity index (χ1v) is 11.4. The zero-order chi connectivity index (χ0) is 22.0. The Balaban J connectivity index is 1.38. The number of aromatic nitrogens is 2. The molecule has 2 fully saturated rings. The normalized spacial score (nSPS) is 17.5. The molecule has 2 aliphatic rings.